The minimum absolute atomic E-state index is 0.411. The Bertz CT molecular complexity index is 180. The van der Waals surface area contributed by atoms with E-state index in [1.54, 1.807) is 20.8 Å². The Balaban J connectivity index is 4.27. The normalized spacial score (nSPS) is 18.0. The van der Waals surface area contributed by atoms with Crippen molar-refractivity contribution in [2.75, 3.05) is 6.54 Å². The molecule has 1 unspecified atom stereocenters. The number of hydrogen-bond donors (Lipinski definition) is 3. The van der Waals surface area contributed by atoms with E-state index >= 15 is 0 Å². The third-order valence-corrected chi connectivity index (χ3v) is 3.20. The van der Waals surface area contributed by atoms with Crippen LogP contribution in [0.3, 0.4) is 0 Å². The summed E-state index contributed by atoms with van der Waals surface area (Å²) >= 11 is 0. The molecule has 0 heterocycles. The van der Waals surface area contributed by atoms with Crippen LogP contribution in [0.1, 0.15) is 48.0 Å². The summed E-state index contributed by atoms with van der Waals surface area (Å²) < 4.78 is 0. The highest BCUT2D eigenvalue weighted by molar-refractivity contribution is 4.94. The Kier molecular flexibility index (Phi) is 4.13. The van der Waals surface area contributed by atoms with Gasteiger partial charge in [-0.1, -0.05) is 6.92 Å². The largest absolute Gasteiger partial charge is 0.389 e. The van der Waals surface area contributed by atoms with Crippen LogP contribution in [0.2, 0.25) is 0 Å². The Labute approximate surface area is 87.5 Å². The molecule has 3 nitrogen and oxygen atoms in total. The van der Waals surface area contributed by atoms with Crippen LogP contribution in [-0.2, 0) is 0 Å². The van der Waals surface area contributed by atoms with E-state index < -0.39 is 16.7 Å². The number of hydrogen-bond acceptors (Lipinski definition) is 3. The summed E-state index contributed by atoms with van der Waals surface area (Å²) in [5, 5.41) is 22.9. The molecule has 0 aliphatic heterocycles. The summed E-state index contributed by atoms with van der Waals surface area (Å²) in [7, 11) is 0. The Morgan fingerprint density at radius 1 is 1.00 bits per heavy atom. The molecular weight excluding hydrogens is 178 g/mol. The van der Waals surface area contributed by atoms with Gasteiger partial charge < -0.3 is 15.5 Å². The molecule has 0 rings (SSSR count). The first-order valence-corrected chi connectivity index (χ1v) is 5.21. The van der Waals surface area contributed by atoms with E-state index in [1.807, 2.05) is 20.8 Å². The topological polar surface area (TPSA) is 52.5 Å². The first-order chi connectivity index (χ1) is 6.02. The molecule has 0 aliphatic carbocycles. The van der Waals surface area contributed by atoms with Gasteiger partial charge >= 0.3 is 0 Å². The van der Waals surface area contributed by atoms with Gasteiger partial charge in [0, 0.05) is 12.1 Å². The maximum Gasteiger partial charge on any atom is 0.0767 e. The number of β-amino-alcohol motifs (C(OH)–C–C–N with tert-alkyl or cyclic N) is 1. The fraction of sp³-hybridized carbons (Fsp3) is 1.00. The van der Waals surface area contributed by atoms with Crippen LogP contribution in [0.25, 0.3) is 0 Å². The SMILES string of the molecule is CCC(C)(O)CNC(C)(C)C(C)(C)O. The van der Waals surface area contributed by atoms with Crippen molar-refractivity contribution in [1.29, 1.82) is 0 Å². The van der Waals surface area contributed by atoms with Gasteiger partial charge in [0.1, 0.15) is 0 Å². The van der Waals surface area contributed by atoms with Gasteiger partial charge in [0.05, 0.1) is 11.2 Å². The van der Waals surface area contributed by atoms with Gasteiger partial charge in [-0.25, -0.2) is 0 Å². The second-order valence-corrected chi connectivity index (χ2v) is 5.39. The molecule has 86 valence electrons. The zero-order valence-electron chi connectivity index (χ0n) is 10.3. The molecule has 0 fully saturated rings. The average Bonchev–Trinajstić information content (AvgIpc) is 1.99. The summed E-state index contributed by atoms with van der Waals surface area (Å²) in [6, 6.07) is 0. The van der Waals surface area contributed by atoms with Gasteiger partial charge in [-0.2, -0.15) is 0 Å². The second kappa shape index (κ2) is 4.17. The van der Waals surface area contributed by atoms with Crippen LogP contribution in [0.4, 0.5) is 0 Å². The molecule has 0 aromatic rings. The molecule has 0 amide bonds. The van der Waals surface area contributed by atoms with Crippen molar-refractivity contribution >= 4 is 0 Å². The van der Waals surface area contributed by atoms with E-state index in [9.17, 15) is 10.2 Å². The molecule has 0 aromatic heterocycles. The molecule has 0 bridgehead atoms. The number of nitrogens with one attached hydrogen (secondary N) is 1. The smallest absolute Gasteiger partial charge is 0.0767 e. The first kappa shape index (κ1) is 13.9. The maximum absolute atomic E-state index is 9.87. The highest BCUT2D eigenvalue weighted by atomic mass is 16.3. The molecule has 0 aliphatic rings. The van der Waals surface area contributed by atoms with Crippen LogP contribution < -0.4 is 5.32 Å². The molecule has 1 atom stereocenters. The molecule has 3 heteroatoms. The summed E-state index contributed by atoms with van der Waals surface area (Å²) in [6.45, 7) is 11.6. The van der Waals surface area contributed by atoms with Gasteiger partial charge in [0.25, 0.3) is 0 Å². The van der Waals surface area contributed by atoms with Crippen LogP contribution >= 0.6 is 0 Å². The Morgan fingerprint density at radius 3 is 1.71 bits per heavy atom. The molecule has 0 spiro atoms. The molecule has 0 saturated carbocycles. The zero-order chi connectivity index (χ0) is 11.6. The monoisotopic (exact) mass is 203 g/mol. The minimum Gasteiger partial charge on any atom is -0.389 e. The highest BCUT2D eigenvalue weighted by Gasteiger charge is 2.35. The van der Waals surface area contributed by atoms with Gasteiger partial charge in [-0.15, -0.1) is 0 Å². The highest BCUT2D eigenvalue weighted by Crippen LogP contribution is 2.21. The summed E-state index contributed by atoms with van der Waals surface area (Å²) in [5.74, 6) is 0. The van der Waals surface area contributed by atoms with Crippen LogP contribution in [0, 0.1) is 0 Å². The van der Waals surface area contributed by atoms with Crippen molar-refractivity contribution in [1.82, 2.24) is 5.32 Å². The van der Waals surface area contributed by atoms with Crippen molar-refractivity contribution in [2.24, 2.45) is 0 Å². The lowest BCUT2D eigenvalue weighted by Crippen LogP contribution is -2.58. The fourth-order valence-corrected chi connectivity index (χ4v) is 0.753. The Morgan fingerprint density at radius 2 is 1.43 bits per heavy atom. The quantitative estimate of drug-likeness (QED) is 0.631. The lowest BCUT2D eigenvalue weighted by molar-refractivity contribution is -0.0218. The first-order valence-electron chi connectivity index (χ1n) is 5.21. The molecule has 0 aromatic carbocycles. The predicted molar refractivity (Wildman–Crippen MR) is 59.3 cm³/mol. The molecule has 3 N–H and O–H groups in total. The van der Waals surface area contributed by atoms with E-state index in [1.165, 1.54) is 0 Å². The second-order valence-electron chi connectivity index (χ2n) is 5.39. The zero-order valence-corrected chi connectivity index (χ0v) is 10.3. The predicted octanol–water partition coefficient (Wildman–Crippen LogP) is 1.29. The lowest BCUT2D eigenvalue weighted by Gasteiger charge is -2.40. The van der Waals surface area contributed by atoms with Crippen molar-refractivity contribution in [3.8, 4) is 0 Å². The van der Waals surface area contributed by atoms with Gasteiger partial charge in [0.15, 0.2) is 0 Å². The van der Waals surface area contributed by atoms with Crippen LogP contribution in [-0.4, -0.2) is 33.5 Å². The molecule has 14 heavy (non-hydrogen) atoms. The van der Waals surface area contributed by atoms with E-state index in [4.69, 9.17) is 0 Å². The maximum atomic E-state index is 9.87. The van der Waals surface area contributed by atoms with E-state index in [2.05, 4.69) is 5.32 Å². The minimum atomic E-state index is -0.809. The molecular formula is C11H25NO2. The van der Waals surface area contributed by atoms with E-state index in [-0.39, 0.29) is 0 Å². The molecule has 0 radical (unpaired) electrons. The van der Waals surface area contributed by atoms with Crippen molar-refractivity contribution in [2.45, 2.75) is 64.7 Å². The summed E-state index contributed by atoms with van der Waals surface area (Å²) in [5.41, 5.74) is -1.93. The third-order valence-electron chi connectivity index (χ3n) is 3.20. The standard InChI is InChI=1S/C11H25NO2/c1-7-11(6,14)8-12-9(2,3)10(4,5)13/h12-14H,7-8H2,1-6H3. The summed E-state index contributed by atoms with van der Waals surface area (Å²) in [6.07, 6.45) is 0.696. The van der Waals surface area contributed by atoms with Gasteiger partial charge in [-0.3, -0.25) is 0 Å². The van der Waals surface area contributed by atoms with Crippen molar-refractivity contribution < 1.29 is 10.2 Å². The van der Waals surface area contributed by atoms with Crippen LogP contribution in [0.5, 0.6) is 0 Å². The van der Waals surface area contributed by atoms with Crippen molar-refractivity contribution in [3.05, 3.63) is 0 Å². The Hall–Kier alpha value is -0.120. The van der Waals surface area contributed by atoms with Crippen LogP contribution in [0.15, 0.2) is 0 Å². The van der Waals surface area contributed by atoms with E-state index in [0.29, 0.717) is 13.0 Å². The lowest BCUT2D eigenvalue weighted by atomic mass is 9.85. The fourth-order valence-electron chi connectivity index (χ4n) is 0.753. The van der Waals surface area contributed by atoms with E-state index in [0.717, 1.165) is 0 Å². The average molecular weight is 203 g/mol. The van der Waals surface area contributed by atoms with Gasteiger partial charge in [-0.05, 0) is 41.0 Å². The number of rotatable bonds is 5. The summed E-state index contributed by atoms with van der Waals surface area (Å²) in [4.78, 5) is 0. The molecule has 0 saturated heterocycles. The van der Waals surface area contributed by atoms with Crippen molar-refractivity contribution in [3.63, 3.8) is 0 Å². The van der Waals surface area contributed by atoms with Gasteiger partial charge in [0.2, 0.25) is 0 Å². The number of aliphatic hydroxyl groups is 2. The third kappa shape index (κ3) is 3.95.